The van der Waals surface area contributed by atoms with Crippen molar-refractivity contribution in [3.63, 3.8) is 0 Å². The molecule has 3 nitrogen and oxygen atoms in total. The molecule has 3 heteroatoms. The molecule has 0 heterocycles. The van der Waals surface area contributed by atoms with Gasteiger partial charge in [-0.3, -0.25) is 4.79 Å². The van der Waals surface area contributed by atoms with Crippen molar-refractivity contribution in [1.82, 2.24) is 0 Å². The number of phenols is 1. The van der Waals surface area contributed by atoms with E-state index in [1.807, 2.05) is 6.92 Å². The van der Waals surface area contributed by atoms with E-state index in [9.17, 15) is 15.0 Å². The number of Topliss-reactive ketones (excluding diaryl/α,β-unsaturated/α-hetero) is 1. The molecule has 0 spiro atoms. The standard InChI is InChI=1S/C17H18O3/c1-8-2-5-11(18)7-12(8)15-16(19)13-9-3-4-10(6-9)14(13)17(15)20/h2,5,7,9-10,13-14,18-19H,3-4,6H2,1H3/t9-,10+,13-,14+/m0/s1. The zero-order valence-corrected chi connectivity index (χ0v) is 11.5. The first kappa shape index (κ1) is 12.0. The lowest BCUT2D eigenvalue weighted by molar-refractivity contribution is -0.118. The summed E-state index contributed by atoms with van der Waals surface area (Å²) in [7, 11) is 0. The molecular formula is C17H18O3. The van der Waals surface area contributed by atoms with Gasteiger partial charge >= 0.3 is 0 Å². The smallest absolute Gasteiger partial charge is 0.170 e. The predicted molar refractivity (Wildman–Crippen MR) is 75.2 cm³/mol. The Hall–Kier alpha value is -1.77. The zero-order chi connectivity index (χ0) is 14.0. The van der Waals surface area contributed by atoms with Gasteiger partial charge in [0.1, 0.15) is 11.5 Å². The summed E-state index contributed by atoms with van der Waals surface area (Å²) in [4.78, 5) is 12.8. The Balaban J connectivity index is 1.86. The minimum Gasteiger partial charge on any atom is -0.511 e. The van der Waals surface area contributed by atoms with Crippen LogP contribution in [0.15, 0.2) is 24.0 Å². The summed E-state index contributed by atoms with van der Waals surface area (Å²) in [5.41, 5.74) is 2.08. The van der Waals surface area contributed by atoms with Gasteiger partial charge in [-0.15, -0.1) is 0 Å². The molecule has 0 radical (unpaired) electrons. The molecule has 1 aromatic carbocycles. The van der Waals surface area contributed by atoms with E-state index in [1.54, 1.807) is 18.2 Å². The van der Waals surface area contributed by atoms with Crippen molar-refractivity contribution in [1.29, 1.82) is 0 Å². The van der Waals surface area contributed by atoms with E-state index in [2.05, 4.69) is 0 Å². The van der Waals surface area contributed by atoms with E-state index in [1.165, 1.54) is 0 Å². The van der Waals surface area contributed by atoms with Crippen LogP contribution in [0.25, 0.3) is 5.57 Å². The molecule has 20 heavy (non-hydrogen) atoms. The van der Waals surface area contributed by atoms with Crippen LogP contribution in [0.5, 0.6) is 5.75 Å². The maximum absolute atomic E-state index is 12.8. The Labute approximate surface area is 117 Å². The number of hydrogen-bond donors (Lipinski definition) is 2. The molecular weight excluding hydrogens is 252 g/mol. The molecule has 3 aliphatic rings. The molecule has 0 amide bonds. The van der Waals surface area contributed by atoms with E-state index < -0.39 is 0 Å². The van der Waals surface area contributed by atoms with Gasteiger partial charge in [0, 0.05) is 11.8 Å². The van der Waals surface area contributed by atoms with Crippen molar-refractivity contribution in [3.8, 4) is 5.75 Å². The number of fused-ring (bicyclic) bond motifs is 5. The van der Waals surface area contributed by atoms with Crippen LogP contribution < -0.4 is 0 Å². The van der Waals surface area contributed by atoms with Crippen molar-refractivity contribution in [2.24, 2.45) is 23.7 Å². The lowest BCUT2D eigenvalue weighted by atomic mass is 9.80. The number of ketones is 1. The van der Waals surface area contributed by atoms with Crippen LogP contribution >= 0.6 is 0 Å². The number of aryl methyl sites for hydroxylation is 1. The second kappa shape index (κ2) is 3.87. The van der Waals surface area contributed by atoms with E-state index in [0.29, 0.717) is 23.0 Å². The van der Waals surface area contributed by atoms with Gasteiger partial charge in [0.05, 0.1) is 5.57 Å². The van der Waals surface area contributed by atoms with Crippen LogP contribution in [-0.2, 0) is 4.79 Å². The molecule has 0 unspecified atom stereocenters. The SMILES string of the molecule is Cc1ccc(O)cc1C1=C(O)[C@H]2[C@H]3CC[C@H](C3)[C@H]2C1=O. The summed E-state index contributed by atoms with van der Waals surface area (Å²) in [6.07, 6.45) is 3.35. The lowest BCUT2D eigenvalue weighted by Crippen LogP contribution is -2.24. The summed E-state index contributed by atoms with van der Waals surface area (Å²) < 4.78 is 0. The summed E-state index contributed by atoms with van der Waals surface area (Å²) in [5.74, 6) is 1.47. The third-order valence-electron chi connectivity index (χ3n) is 5.53. The molecule has 4 atom stereocenters. The van der Waals surface area contributed by atoms with Crippen molar-refractivity contribution >= 4 is 11.4 Å². The fourth-order valence-corrected chi connectivity index (χ4v) is 4.67. The molecule has 3 aliphatic carbocycles. The lowest BCUT2D eigenvalue weighted by Gasteiger charge is -2.23. The number of carbonyl (C=O) groups is 1. The first-order chi connectivity index (χ1) is 9.58. The van der Waals surface area contributed by atoms with Crippen LogP contribution in [0.4, 0.5) is 0 Å². The monoisotopic (exact) mass is 270 g/mol. The molecule has 104 valence electrons. The normalized spacial score (nSPS) is 35.0. The Kier molecular flexibility index (Phi) is 2.33. The minimum atomic E-state index is -0.00880. The highest BCUT2D eigenvalue weighted by molar-refractivity contribution is 6.25. The van der Waals surface area contributed by atoms with Gasteiger partial charge in [0.15, 0.2) is 5.78 Å². The maximum Gasteiger partial charge on any atom is 0.170 e. The Morgan fingerprint density at radius 3 is 2.50 bits per heavy atom. The second-order valence-electron chi connectivity index (χ2n) is 6.51. The number of aromatic hydroxyl groups is 1. The zero-order valence-electron chi connectivity index (χ0n) is 11.5. The van der Waals surface area contributed by atoms with Crippen molar-refractivity contribution in [3.05, 3.63) is 35.1 Å². The maximum atomic E-state index is 12.8. The van der Waals surface area contributed by atoms with Crippen molar-refractivity contribution in [2.45, 2.75) is 26.2 Å². The first-order valence-corrected chi connectivity index (χ1v) is 7.35. The Morgan fingerprint density at radius 1 is 1.10 bits per heavy atom. The number of aliphatic hydroxyl groups excluding tert-OH is 1. The Morgan fingerprint density at radius 2 is 1.80 bits per heavy atom. The quantitative estimate of drug-likeness (QED) is 0.823. The summed E-state index contributed by atoms with van der Waals surface area (Å²) in [6.45, 7) is 1.91. The van der Waals surface area contributed by atoms with Crippen LogP contribution in [-0.4, -0.2) is 16.0 Å². The fourth-order valence-electron chi connectivity index (χ4n) is 4.67. The van der Waals surface area contributed by atoms with E-state index in [-0.39, 0.29) is 29.1 Å². The van der Waals surface area contributed by atoms with E-state index in [4.69, 9.17) is 0 Å². The van der Waals surface area contributed by atoms with Gasteiger partial charge in [0.25, 0.3) is 0 Å². The van der Waals surface area contributed by atoms with Crippen LogP contribution in [0.3, 0.4) is 0 Å². The number of phenolic OH excluding ortho intramolecular Hbond substituents is 1. The van der Waals surface area contributed by atoms with Gasteiger partial charge in [-0.05, 0) is 61.3 Å². The summed E-state index contributed by atoms with van der Waals surface area (Å²) >= 11 is 0. The van der Waals surface area contributed by atoms with E-state index in [0.717, 1.165) is 24.8 Å². The highest BCUT2D eigenvalue weighted by atomic mass is 16.3. The summed E-state index contributed by atoms with van der Waals surface area (Å²) in [5, 5.41) is 20.3. The van der Waals surface area contributed by atoms with Crippen LogP contribution in [0, 0.1) is 30.6 Å². The highest BCUT2D eigenvalue weighted by Gasteiger charge is 2.57. The van der Waals surface area contributed by atoms with Crippen molar-refractivity contribution in [2.75, 3.05) is 0 Å². The molecule has 0 saturated heterocycles. The third-order valence-corrected chi connectivity index (χ3v) is 5.53. The molecule has 2 N–H and O–H groups in total. The Bertz CT molecular complexity index is 644. The number of hydrogen-bond acceptors (Lipinski definition) is 3. The molecule has 2 saturated carbocycles. The average molecular weight is 270 g/mol. The van der Waals surface area contributed by atoms with Crippen molar-refractivity contribution < 1.29 is 15.0 Å². The highest BCUT2D eigenvalue weighted by Crippen LogP contribution is 2.60. The molecule has 0 aliphatic heterocycles. The van der Waals surface area contributed by atoms with Gasteiger partial charge in [-0.2, -0.15) is 0 Å². The second-order valence-corrected chi connectivity index (χ2v) is 6.51. The van der Waals surface area contributed by atoms with Gasteiger partial charge in [-0.25, -0.2) is 0 Å². The molecule has 0 aromatic heterocycles. The topological polar surface area (TPSA) is 57.5 Å². The van der Waals surface area contributed by atoms with Gasteiger partial charge < -0.3 is 10.2 Å². The van der Waals surface area contributed by atoms with Crippen LogP contribution in [0.1, 0.15) is 30.4 Å². The molecule has 2 fully saturated rings. The largest absolute Gasteiger partial charge is 0.511 e. The molecule has 4 rings (SSSR count). The molecule has 2 bridgehead atoms. The predicted octanol–water partition coefficient (Wildman–Crippen LogP) is 3.21. The first-order valence-electron chi connectivity index (χ1n) is 7.35. The van der Waals surface area contributed by atoms with Crippen LogP contribution in [0.2, 0.25) is 0 Å². The number of rotatable bonds is 1. The summed E-state index contributed by atoms with van der Waals surface area (Å²) in [6, 6.07) is 5.00. The fraction of sp³-hybridized carbons (Fsp3) is 0.471. The van der Waals surface area contributed by atoms with E-state index >= 15 is 0 Å². The minimum absolute atomic E-state index is 0.00880. The number of aliphatic hydroxyl groups is 1. The number of allylic oxidation sites excluding steroid dienone is 2. The van der Waals surface area contributed by atoms with Gasteiger partial charge in [-0.1, -0.05) is 6.07 Å². The number of benzene rings is 1. The average Bonchev–Trinajstić information content (AvgIpc) is 3.08. The van der Waals surface area contributed by atoms with Gasteiger partial charge in [0.2, 0.25) is 0 Å². The molecule has 1 aromatic rings. The third kappa shape index (κ3) is 1.38. The number of carbonyl (C=O) groups excluding carboxylic acids is 1.